The van der Waals surface area contributed by atoms with Crippen molar-refractivity contribution in [3.05, 3.63) is 64.4 Å². The number of amides is 2. The molecule has 110 valence electrons. The van der Waals surface area contributed by atoms with Crippen molar-refractivity contribution in [1.29, 1.82) is 0 Å². The lowest BCUT2D eigenvalue weighted by Gasteiger charge is -2.15. The topological polar surface area (TPSA) is 41.1 Å². The zero-order valence-corrected chi connectivity index (χ0v) is 12.5. The van der Waals surface area contributed by atoms with Crippen LogP contribution in [0.1, 0.15) is 24.1 Å². The lowest BCUT2D eigenvalue weighted by Crippen LogP contribution is -2.31. The van der Waals surface area contributed by atoms with Gasteiger partial charge in [0.25, 0.3) is 0 Å². The van der Waals surface area contributed by atoms with Crippen LogP contribution in [-0.4, -0.2) is 6.03 Å². The largest absolute Gasteiger partial charge is 0.331 e. The summed E-state index contributed by atoms with van der Waals surface area (Å²) in [5.74, 6) is -0.569. The Hall–Kier alpha value is -2.07. The lowest BCUT2D eigenvalue weighted by molar-refractivity contribution is 0.249. The zero-order chi connectivity index (χ0) is 15.4. The third kappa shape index (κ3) is 4.20. The highest BCUT2D eigenvalue weighted by molar-refractivity contribution is 6.30. The SMILES string of the molecule is Cc1ccc([C@H](C)NC(=O)Nc2ccc(Cl)cc2F)cc1. The van der Waals surface area contributed by atoms with Crippen LogP contribution in [0.4, 0.5) is 14.9 Å². The van der Waals surface area contributed by atoms with Crippen LogP contribution in [0.25, 0.3) is 0 Å². The molecule has 2 rings (SSSR count). The first-order valence-corrected chi connectivity index (χ1v) is 6.92. The molecule has 0 spiro atoms. The normalized spacial score (nSPS) is 11.8. The van der Waals surface area contributed by atoms with Gasteiger partial charge in [0, 0.05) is 5.02 Å². The standard InChI is InChI=1S/C16H16ClFN2O/c1-10-3-5-12(6-4-10)11(2)19-16(21)20-15-8-7-13(17)9-14(15)18/h3-9,11H,1-2H3,(H2,19,20,21)/t11-/m0/s1. The van der Waals surface area contributed by atoms with Crippen molar-refractivity contribution in [3.63, 3.8) is 0 Å². The van der Waals surface area contributed by atoms with Gasteiger partial charge in [-0.15, -0.1) is 0 Å². The fourth-order valence-corrected chi connectivity index (χ4v) is 2.04. The highest BCUT2D eigenvalue weighted by Crippen LogP contribution is 2.19. The number of rotatable bonds is 3. The molecule has 0 saturated heterocycles. The van der Waals surface area contributed by atoms with Crippen molar-refractivity contribution >= 4 is 23.3 Å². The van der Waals surface area contributed by atoms with E-state index in [0.717, 1.165) is 17.2 Å². The van der Waals surface area contributed by atoms with Crippen LogP contribution >= 0.6 is 11.6 Å². The predicted molar refractivity (Wildman–Crippen MR) is 83.2 cm³/mol. The number of hydrogen-bond donors (Lipinski definition) is 2. The zero-order valence-electron chi connectivity index (χ0n) is 11.8. The van der Waals surface area contributed by atoms with Gasteiger partial charge < -0.3 is 10.6 Å². The average Bonchev–Trinajstić information content (AvgIpc) is 2.42. The third-order valence-corrected chi connectivity index (χ3v) is 3.34. The summed E-state index contributed by atoms with van der Waals surface area (Å²) in [6.45, 7) is 3.86. The predicted octanol–water partition coefficient (Wildman–Crippen LogP) is 4.67. The van der Waals surface area contributed by atoms with Gasteiger partial charge in [-0.25, -0.2) is 9.18 Å². The molecule has 0 fully saturated rings. The van der Waals surface area contributed by atoms with Gasteiger partial charge in [0.05, 0.1) is 11.7 Å². The summed E-state index contributed by atoms with van der Waals surface area (Å²) in [4.78, 5) is 11.9. The fraction of sp³-hybridized carbons (Fsp3) is 0.188. The fourth-order valence-electron chi connectivity index (χ4n) is 1.88. The molecule has 0 aliphatic heterocycles. The monoisotopic (exact) mass is 306 g/mol. The van der Waals surface area contributed by atoms with Crippen LogP contribution in [0.15, 0.2) is 42.5 Å². The van der Waals surface area contributed by atoms with E-state index < -0.39 is 11.8 Å². The van der Waals surface area contributed by atoms with E-state index in [1.54, 1.807) is 0 Å². The van der Waals surface area contributed by atoms with Crippen LogP contribution in [0, 0.1) is 12.7 Å². The lowest BCUT2D eigenvalue weighted by atomic mass is 10.1. The number of hydrogen-bond acceptors (Lipinski definition) is 1. The molecular weight excluding hydrogens is 291 g/mol. The third-order valence-electron chi connectivity index (χ3n) is 3.10. The summed E-state index contributed by atoms with van der Waals surface area (Å²) in [5, 5.41) is 5.51. The molecule has 0 aliphatic rings. The first-order chi connectivity index (χ1) is 9.95. The molecule has 1 atom stereocenters. The summed E-state index contributed by atoms with van der Waals surface area (Å²) in [6, 6.07) is 11.3. The van der Waals surface area contributed by atoms with E-state index in [1.165, 1.54) is 12.1 Å². The molecule has 2 amide bonds. The van der Waals surface area contributed by atoms with Gasteiger partial charge in [-0.05, 0) is 37.6 Å². The minimum Gasteiger partial charge on any atom is -0.331 e. The van der Waals surface area contributed by atoms with Gasteiger partial charge in [0.15, 0.2) is 0 Å². The van der Waals surface area contributed by atoms with Crippen LogP contribution < -0.4 is 10.6 Å². The quantitative estimate of drug-likeness (QED) is 0.850. The molecule has 2 aromatic carbocycles. The van der Waals surface area contributed by atoms with E-state index in [-0.39, 0.29) is 16.8 Å². The molecule has 0 aliphatic carbocycles. The van der Waals surface area contributed by atoms with E-state index in [1.807, 2.05) is 38.1 Å². The first-order valence-electron chi connectivity index (χ1n) is 6.55. The maximum Gasteiger partial charge on any atom is 0.319 e. The highest BCUT2D eigenvalue weighted by atomic mass is 35.5. The second-order valence-corrected chi connectivity index (χ2v) is 5.29. The Labute approximate surface area is 128 Å². The molecule has 0 bridgehead atoms. The number of aryl methyl sites for hydroxylation is 1. The Balaban J connectivity index is 1.99. The molecule has 0 aromatic heterocycles. The van der Waals surface area contributed by atoms with Crippen molar-refractivity contribution in [1.82, 2.24) is 5.32 Å². The summed E-state index contributed by atoms with van der Waals surface area (Å²) in [6.07, 6.45) is 0. The molecule has 0 saturated carbocycles. The van der Waals surface area contributed by atoms with Crippen LogP contribution in [-0.2, 0) is 0 Å². The Morgan fingerprint density at radius 3 is 2.48 bits per heavy atom. The first kappa shape index (κ1) is 15.3. The Kier molecular flexibility index (Phi) is 4.81. The number of urea groups is 1. The van der Waals surface area contributed by atoms with Crippen LogP contribution in [0.3, 0.4) is 0 Å². The number of nitrogens with one attached hydrogen (secondary N) is 2. The number of carbonyl (C=O) groups is 1. The van der Waals surface area contributed by atoms with Gasteiger partial charge in [-0.1, -0.05) is 41.4 Å². The van der Waals surface area contributed by atoms with Crippen LogP contribution in [0.5, 0.6) is 0 Å². The molecule has 3 nitrogen and oxygen atoms in total. The van der Waals surface area contributed by atoms with Crippen molar-refractivity contribution < 1.29 is 9.18 Å². The maximum absolute atomic E-state index is 13.6. The molecule has 0 heterocycles. The second-order valence-electron chi connectivity index (χ2n) is 4.86. The van der Waals surface area contributed by atoms with Crippen LogP contribution in [0.2, 0.25) is 5.02 Å². The van der Waals surface area contributed by atoms with Gasteiger partial charge in [0.2, 0.25) is 0 Å². The van der Waals surface area contributed by atoms with Gasteiger partial charge in [0.1, 0.15) is 5.82 Å². The minimum atomic E-state index is -0.569. The molecule has 21 heavy (non-hydrogen) atoms. The van der Waals surface area contributed by atoms with E-state index in [9.17, 15) is 9.18 Å². The summed E-state index contributed by atoms with van der Waals surface area (Å²) >= 11 is 5.66. The van der Waals surface area contributed by atoms with Crippen molar-refractivity contribution in [2.45, 2.75) is 19.9 Å². The molecule has 0 unspecified atom stereocenters. The van der Waals surface area contributed by atoms with Crippen molar-refractivity contribution in [3.8, 4) is 0 Å². The number of halogens is 2. The van der Waals surface area contributed by atoms with Gasteiger partial charge in [-0.3, -0.25) is 0 Å². The van der Waals surface area contributed by atoms with Gasteiger partial charge in [-0.2, -0.15) is 0 Å². The second kappa shape index (κ2) is 6.59. The molecule has 2 N–H and O–H groups in total. The smallest absolute Gasteiger partial charge is 0.319 e. The van der Waals surface area contributed by atoms with E-state index in [2.05, 4.69) is 10.6 Å². The molecule has 5 heteroatoms. The van der Waals surface area contributed by atoms with Gasteiger partial charge >= 0.3 is 6.03 Å². The maximum atomic E-state index is 13.6. The molecule has 0 radical (unpaired) electrons. The minimum absolute atomic E-state index is 0.0907. The Morgan fingerprint density at radius 1 is 1.19 bits per heavy atom. The van der Waals surface area contributed by atoms with E-state index in [0.29, 0.717) is 0 Å². The molecular formula is C16H16ClFN2O. The average molecular weight is 307 g/mol. The summed E-state index contributed by atoms with van der Waals surface area (Å²) in [7, 11) is 0. The number of anilines is 1. The number of carbonyl (C=O) groups excluding carboxylic acids is 1. The summed E-state index contributed by atoms with van der Waals surface area (Å²) in [5.41, 5.74) is 2.22. The van der Waals surface area contributed by atoms with E-state index >= 15 is 0 Å². The van der Waals surface area contributed by atoms with Crippen molar-refractivity contribution in [2.75, 3.05) is 5.32 Å². The highest BCUT2D eigenvalue weighted by Gasteiger charge is 2.11. The van der Waals surface area contributed by atoms with Crippen molar-refractivity contribution in [2.24, 2.45) is 0 Å². The Bertz CT molecular complexity index is 643. The van der Waals surface area contributed by atoms with E-state index in [4.69, 9.17) is 11.6 Å². The Morgan fingerprint density at radius 2 is 1.86 bits per heavy atom. The molecule has 2 aromatic rings. The number of benzene rings is 2. The summed E-state index contributed by atoms with van der Waals surface area (Å²) < 4.78 is 13.6.